The predicted octanol–water partition coefficient (Wildman–Crippen LogP) is 3.20. The molecule has 16 heavy (non-hydrogen) atoms. The third kappa shape index (κ3) is 1.28. The van der Waals surface area contributed by atoms with E-state index in [0.717, 1.165) is 0 Å². The SMILES string of the molecule is Cc1ccc(C)c2c[n+]3ccccc3cc12. The van der Waals surface area contributed by atoms with Gasteiger partial charge < -0.3 is 0 Å². The van der Waals surface area contributed by atoms with Crippen LogP contribution in [0.2, 0.25) is 0 Å². The molecule has 0 fully saturated rings. The zero-order chi connectivity index (χ0) is 11.1. The van der Waals surface area contributed by atoms with Crippen molar-refractivity contribution in [1.82, 2.24) is 0 Å². The Kier molecular flexibility index (Phi) is 1.93. The average Bonchev–Trinajstić information content (AvgIpc) is 2.32. The van der Waals surface area contributed by atoms with Crippen LogP contribution in [-0.4, -0.2) is 0 Å². The van der Waals surface area contributed by atoms with E-state index in [1.54, 1.807) is 0 Å². The van der Waals surface area contributed by atoms with Gasteiger partial charge in [-0.15, -0.1) is 0 Å². The van der Waals surface area contributed by atoms with Gasteiger partial charge in [0.05, 0.1) is 0 Å². The zero-order valence-corrected chi connectivity index (χ0v) is 9.57. The van der Waals surface area contributed by atoms with Gasteiger partial charge in [0.2, 0.25) is 5.52 Å². The molecule has 0 atom stereocenters. The topological polar surface area (TPSA) is 4.10 Å². The zero-order valence-electron chi connectivity index (χ0n) is 9.57. The summed E-state index contributed by atoms with van der Waals surface area (Å²) in [6.45, 7) is 4.33. The Bertz CT molecular complexity index is 623. The largest absolute Gasteiger partial charge is 0.211 e. The van der Waals surface area contributed by atoms with E-state index in [9.17, 15) is 0 Å². The molecule has 1 heteroatoms. The standard InChI is InChI=1S/C15H14N/c1-11-6-7-12(2)15-10-16-8-4-3-5-13(16)9-14(11)15/h3-10H,1-2H3/q+1. The van der Waals surface area contributed by atoms with Crippen molar-refractivity contribution in [3.8, 4) is 0 Å². The molecule has 0 unspecified atom stereocenters. The minimum atomic E-state index is 1.24. The molecule has 0 N–H and O–H groups in total. The summed E-state index contributed by atoms with van der Waals surface area (Å²) >= 11 is 0. The third-order valence-electron chi connectivity index (χ3n) is 3.21. The minimum Gasteiger partial charge on any atom is -0.167 e. The van der Waals surface area contributed by atoms with E-state index in [0.29, 0.717) is 0 Å². The number of pyridine rings is 2. The van der Waals surface area contributed by atoms with Crippen molar-refractivity contribution >= 4 is 16.3 Å². The van der Waals surface area contributed by atoms with Gasteiger partial charge in [-0.25, -0.2) is 0 Å². The first-order valence-electron chi connectivity index (χ1n) is 5.56. The molecule has 0 radical (unpaired) electrons. The second-order valence-electron chi connectivity index (χ2n) is 4.33. The van der Waals surface area contributed by atoms with Crippen LogP contribution in [0.1, 0.15) is 11.1 Å². The highest BCUT2D eigenvalue weighted by Crippen LogP contribution is 2.21. The molecular weight excluding hydrogens is 194 g/mol. The number of rotatable bonds is 0. The molecule has 0 spiro atoms. The number of hydrogen-bond donors (Lipinski definition) is 0. The molecule has 0 saturated heterocycles. The van der Waals surface area contributed by atoms with Crippen molar-refractivity contribution in [3.05, 3.63) is 59.9 Å². The van der Waals surface area contributed by atoms with Gasteiger partial charge in [-0.1, -0.05) is 12.1 Å². The Morgan fingerprint density at radius 1 is 0.875 bits per heavy atom. The number of nitrogens with zero attached hydrogens (tertiary/aromatic N) is 1. The van der Waals surface area contributed by atoms with Crippen LogP contribution in [0.15, 0.2) is 48.8 Å². The van der Waals surface area contributed by atoms with Crippen LogP contribution in [0.3, 0.4) is 0 Å². The molecule has 0 aliphatic rings. The van der Waals surface area contributed by atoms with Crippen molar-refractivity contribution in [2.75, 3.05) is 0 Å². The third-order valence-corrected chi connectivity index (χ3v) is 3.21. The second-order valence-corrected chi connectivity index (χ2v) is 4.33. The van der Waals surface area contributed by atoms with E-state index in [1.165, 1.54) is 27.4 Å². The van der Waals surface area contributed by atoms with Gasteiger partial charge in [-0.3, -0.25) is 0 Å². The number of aryl methyl sites for hydroxylation is 2. The molecule has 78 valence electrons. The maximum Gasteiger partial charge on any atom is 0.211 e. The first-order valence-corrected chi connectivity index (χ1v) is 5.56. The Morgan fingerprint density at radius 2 is 1.62 bits per heavy atom. The molecule has 0 aliphatic heterocycles. The van der Waals surface area contributed by atoms with Gasteiger partial charge in [-0.2, -0.15) is 4.40 Å². The average molecular weight is 208 g/mol. The Hall–Kier alpha value is -1.89. The van der Waals surface area contributed by atoms with Crippen molar-refractivity contribution in [2.24, 2.45) is 0 Å². The smallest absolute Gasteiger partial charge is 0.167 e. The fourth-order valence-corrected chi connectivity index (χ4v) is 2.21. The van der Waals surface area contributed by atoms with Gasteiger partial charge in [0.25, 0.3) is 0 Å². The number of benzene rings is 1. The quantitative estimate of drug-likeness (QED) is 0.394. The van der Waals surface area contributed by atoms with E-state index in [-0.39, 0.29) is 0 Å². The van der Waals surface area contributed by atoms with Crippen LogP contribution < -0.4 is 4.40 Å². The van der Waals surface area contributed by atoms with Crippen LogP contribution in [0.25, 0.3) is 16.3 Å². The summed E-state index contributed by atoms with van der Waals surface area (Å²) in [6.07, 6.45) is 4.31. The van der Waals surface area contributed by atoms with E-state index in [1.807, 2.05) is 0 Å². The van der Waals surface area contributed by atoms with Crippen LogP contribution in [0, 0.1) is 13.8 Å². The van der Waals surface area contributed by atoms with Crippen molar-refractivity contribution in [3.63, 3.8) is 0 Å². The Labute approximate surface area is 95.0 Å². The molecule has 0 saturated carbocycles. The van der Waals surface area contributed by atoms with E-state index >= 15 is 0 Å². The number of aromatic nitrogens is 1. The van der Waals surface area contributed by atoms with Crippen LogP contribution in [0.4, 0.5) is 0 Å². The summed E-state index contributed by atoms with van der Waals surface area (Å²) in [5.41, 5.74) is 3.91. The molecular formula is C15H14N+. The van der Waals surface area contributed by atoms with Crippen molar-refractivity contribution in [1.29, 1.82) is 0 Å². The Balaban J connectivity index is 2.56. The maximum absolute atomic E-state index is 2.26. The van der Waals surface area contributed by atoms with Crippen molar-refractivity contribution in [2.45, 2.75) is 13.8 Å². The molecule has 0 bridgehead atoms. The summed E-state index contributed by atoms with van der Waals surface area (Å²) in [7, 11) is 0. The lowest BCUT2D eigenvalue weighted by molar-refractivity contribution is -0.510. The van der Waals surface area contributed by atoms with Crippen molar-refractivity contribution < 1.29 is 4.40 Å². The lowest BCUT2D eigenvalue weighted by atomic mass is 10.0. The van der Waals surface area contributed by atoms with Gasteiger partial charge in [-0.05, 0) is 36.4 Å². The van der Waals surface area contributed by atoms with Crippen LogP contribution in [-0.2, 0) is 0 Å². The molecule has 1 nitrogen and oxygen atoms in total. The number of fused-ring (bicyclic) bond motifs is 2. The molecule has 0 aliphatic carbocycles. The normalized spacial score (nSPS) is 11.1. The molecule has 2 heterocycles. The lowest BCUT2D eigenvalue weighted by Crippen LogP contribution is -2.20. The molecule has 1 aromatic carbocycles. The van der Waals surface area contributed by atoms with Gasteiger partial charge in [0.15, 0.2) is 12.4 Å². The fourth-order valence-electron chi connectivity index (χ4n) is 2.21. The van der Waals surface area contributed by atoms with Gasteiger partial charge >= 0.3 is 0 Å². The van der Waals surface area contributed by atoms with Crippen LogP contribution in [0.5, 0.6) is 0 Å². The highest BCUT2D eigenvalue weighted by atomic mass is 14.8. The second kappa shape index (κ2) is 3.31. The summed E-state index contributed by atoms with van der Waals surface area (Å²) in [5, 5.41) is 2.69. The van der Waals surface area contributed by atoms with E-state index in [4.69, 9.17) is 0 Å². The van der Waals surface area contributed by atoms with E-state index in [2.05, 4.69) is 67.0 Å². The minimum absolute atomic E-state index is 1.24. The fraction of sp³-hybridized carbons (Fsp3) is 0.133. The van der Waals surface area contributed by atoms with Gasteiger partial charge in [0, 0.05) is 23.6 Å². The molecule has 0 amide bonds. The monoisotopic (exact) mass is 208 g/mol. The highest BCUT2D eigenvalue weighted by Gasteiger charge is 2.07. The lowest BCUT2D eigenvalue weighted by Gasteiger charge is -2.03. The molecule has 2 aromatic heterocycles. The summed E-state index contributed by atoms with van der Waals surface area (Å²) in [4.78, 5) is 0. The predicted molar refractivity (Wildman–Crippen MR) is 66.6 cm³/mol. The summed E-state index contributed by atoms with van der Waals surface area (Å²) < 4.78 is 2.18. The summed E-state index contributed by atoms with van der Waals surface area (Å²) in [5.74, 6) is 0. The molecule has 3 aromatic rings. The summed E-state index contributed by atoms with van der Waals surface area (Å²) in [6, 6.07) is 12.9. The van der Waals surface area contributed by atoms with Crippen LogP contribution >= 0.6 is 0 Å². The first kappa shape index (κ1) is 9.34. The maximum atomic E-state index is 2.26. The van der Waals surface area contributed by atoms with Gasteiger partial charge in [0.1, 0.15) is 0 Å². The number of hydrogen-bond acceptors (Lipinski definition) is 0. The van der Waals surface area contributed by atoms with E-state index < -0.39 is 0 Å². The Morgan fingerprint density at radius 3 is 2.44 bits per heavy atom. The molecule has 3 rings (SSSR count). The highest BCUT2D eigenvalue weighted by molar-refractivity contribution is 5.89. The first-order chi connectivity index (χ1) is 7.75.